The number of carbonyl (C=O) groups is 1. The van der Waals surface area contributed by atoms with Crippen LogP contribution in [0.3, 0.4) is 0 Å². The number of aromatic amines is 1. The molecule has 0 aliphatic carbocycles. The zero-order valence-electron chi connectivity index (χ0n) is 10.8. The summed E-state index contributed by atoms with van der Waals surface area (Å²) in [6.45, 7) is 0.950. The van der Waals surface area contributed by atoms with Crippen LogP contribution in [0.4, 0.5) is 11.4 Å². The van der Waals surface area contributed by atoms with Gasteiger partial charge in [-0.1, -0.05) is 6.07 Å². The number of amides is 1. The van der Waals surface area contributed by atoms with Crippen molar-refractivity contribution in [2.45, 2.75) is 12.8 Å². The summed E-state index contributed by atoms with van der Waals surface area (Å²) in [5.41, 5.74) is 2.87. The minimum atomic E-state index is -0.350. The van der Waals surface area contributed by atoms with Crippen LogP contribution < -0.4 is 16.2 Å². The zero-order valence-corrected chi connectivity index (χ0v) is 10.8. The van der Waals surface area contributed by atoms with Crippen molar-refractivity contribution >= 4 is 17.3 Å². The molecule has 3 N–H and O–H groups in total. The normalized spacial score (nSPS) is 13.2. The second-order valence-corrected chi connectivity index (χ2v) is 4.65. The third kappa shape index (κ3) is 2.54. The third-order valence-electron chi connectivity index (χ3n) is 3.21. The Balaban J connectivity index is 1.79. The van der Waals surface area contributed by atoms with Gasteiger partial charge in [-0.2, -0.15) is 0 Å². The van der Waals surface area contributed by atoms with Crippen molar-refractivity contribution < 1.29 is 4.79 Å². The van der Waals surface area contributed by atoms with E-state index >= 15 is 0 Å². The lowest BCUT2D eigenvalue weighted by atomic mass is 10.0. The molecule has 6 heteroatoms. The van der Waals surface area contributed by atoms with E-state index in [1.807, 2.05) is 18.2 Å². The molecule has 0 atom stereocenters. The van der Waals surface area contributed by atoms with E-state index in [2.05, 4.69) is 20.6 Å². The highest BCUT2D eigenvalue weighted by atomic mass is 16.2. The van der Waals surface area contributed by atoms with Crippen molar-refractivity contribution in [2.24, 2.45) is 0 Å². The molecule has 0 radical (unpaired) electrons. The van der Waals surface area contributed by atoms with Crippen LogP contribution in [0.15, 0.2) is 35.4 Å². The number of H-pyrrole nitrogens is 1. The van der Waals surface area contributed by atoms with Gasteiger partial charge in [0.15, 0.2) is 0 Å². The minimum absolute atomic E-state index is 0.176. The predicted molar refractivity (Wildman–Crippen MR) is 76.1 cm³/mol. The van der Waals surface area contributed by atoms with E-state index in [0.717, 1.165) is 31.3 Å². The van der Waals surface area contributed by atoms with Gasteiger partial charge >= 0.3 is 0 Å². The first-order chi connectivity index (χ1) is 9.72. The lowest BCUT2D eigenvalue weighted by Gasteiger charge is -2.18. The van der Waals surface area contributed by atoms with Crippen molar-refractivity contribution in [1.82, 2.24) is 9.97 Å². The number of aromatic nitrogens is 2. The highest BCUT2D eigenvalue weighted by Crippen LogP contribution is 2.25. The maximum atomic E-state index is 12.0. The molecule has 0 saturated heterocycles. The number of aryl methyl sites for hydroxylation is 1. The first-order valence-corrected chi connectivity index (χ1v) is 6.45. The summed E-state index contributed by atoms with van der Waals surface area (Å²) in [5.74, 6) is -0.350. The average Bonchev–Trinajstić information content (AvgIpc) is 2.48. The number of fused-ring (bicyclic) bond motifs is 1. The van der Waals surface area contributed by atoms with Crippen molar-refractivity contribution in [3.8, 4) is 0 Å². The van der Waals surface area contributed by atoms with Crippen molar-refractivity contribution in [1.29, 1.82) is 0 Å². The summed E-state index contributed by atoms with van der Waals surface area (Å²) in [6, 6.07) is 5.80. The van der Waals surface area contributed by atoms with Gasteiger partial charge in [-0.05, 0) is 30.5 Å². The van der Waals surface area contributed by atoms with Gasteiger partial charge in [0.2, 0.25) is 0 Å². The number of nitrogens with zero attached hydrogens (tertiary/aromatic N) is 1. The van der Waals surface area contributed by atoms with E-state index in [1.54, 1.807) is 0 Å². The Hall–Kier alpha value is -2.63. The molecule has 1 amide bonds. The van der Waals surface area contributed by atoms with E-state index in [4.69, 9.17) is 0 Å². The number of anilines is 2. The molecule has 1 aromatic carbocycles. The standard InChI is InChI=1S/C14H14N4O2/c19-13-8-16-12(7-17-13)14(20)18-10-4-3-9-2-1-5-15-11(9)6-10/h3-4,6-8,15H,1-2,5H2,(H,17,19)(H,18,20). The monoisotopic (exact) mass is 270 g/mol. The van der Waals surface area contributed by atoms with Crippen molar-refractivity contribution in [3.05, 3.63) is 52.2 Å². The van der Waals surface area contributed by atoms with E-state index < -0.39 is 0 Å². The van der Waals surface area contributed by atoms with Crippen LogP contribution in [0.1, 0.15) is 22.5 Å². The highest BCUT2D eigenvalue weighted by molar-refractivity contribution is 6.02. The second-order valence-electron chi connectivity index (χ2n) is 4.65. The van der Waals surface area contributed by atoms with Gasteiger partial charge in [-0.3, -0.25) is 9.59 Å². The van der Waals surface area contributed by atoms with Crippen LogP contribution in [0.25, 0.3) is 0 Å². The maximum absolute atomic E-state index is 12.0. The van der Waals surface area contributed by atoms with Gasteiger partial charge in [0, 0.05) is 24.1 Å². The first kappa shape index (κ1) is 12.4. The van der Waals surface area contributed by atoms with Crippen LogP contribution >= 0.6 is 0 Å². The predicted octanol–water partition coefficient (Wildman–Crippen LogP) is 1.38. The molecule has 0 fully saturated rings. The molecule has 1 aliphatic heterocycles. The van der Waals surface area contributed by atoms with Gasteiger partial charge in [-0.15, -0.1) is 0 Å². The van der Waals surface area contributed by atoms with Crippen LogP contribution in [0.2, 0.25) is 0 Å². The van der Waals surface area contributed by atoms with Gasteiger partial charge < -0.3 is 15.6 Å². The first-order valence-electron chi connectivity index (χ1n) is 6.45. The van der Waals surface area contributed by atoms with Gasteiger partial charge in [0.25, 0.3) is 11.5 Å². The van der Waals surface area contributed by atoms with Crippen LogP contribution in [0, 0.1) is 0 Å². The third-order valence-corrected chi connectivity index (χ3v) is 3.21. The molecule has 3 rings (SSSR count). The van der Waals surface area contributed by atoms with Crippen LogP contribution in [-0.2, 0) is 6.42 Å². The molecule has 1 aromatic heterocycles. The largest absolute Gasteiger partial charge is 0.385 e. The van der Waals surface area contributed by atoms with Crippen LogP contribution in [-0.4, -0.2) is 22.4 Å². The Morgan fingerprint density at radius 3 is 3.05 bits per heavy atom. The fraction of sp³-hybridized carbons (Fsp3) is 0.214. The topological polar surface area (TPSA) is 86.9 Å². The minimum Gasteiger partial charge on any atom is -0.385 e. The summed E-state index contributed by atoms with van der Waals surface area (Å²) >= 11 is 0. The summed E-state index contributed by atoms with van der Waals surface area (Å²) in [5, 5.41) is 6.07. The fourth-order valence-electron chi connectivity index (χ4n) is 2.20. The van der Waals surface area contributed by atoms with E-state index in [1.165, 1.54) is 11.8 Å². The Bertz CT molecular complexity index is 688. The molecule has 0 bridgehead atoms. The van der Waals surface area contributed by atoms with Crippen LogP contribution in [0.5, 0.6) is 0 Å². The number of hydrogen-bond donors (Lipinski definition) is 3. The number of nitrogens with one attached hydrogen (secondary N) is 3. The number of benzene rings is 1. The summed E-state index contributed by atoms with van der Waals surface area (Å²) in [4.78, 5) is 29.1. The molecule has 6 nitrogen and oxygen atoms in total. The van der Waals surface area contributed by atoms with Gasteiger partial charge in [-0.25, -0.2) is 4.98 Å². The average molecular weight is 270 g/mol. The zero-order chi connectivity index (χ0) is 13.9. The molecule has 0 spiro atoms. The molecular weight excluding hydrogens is 256 g/mol. The summed E-state index contributed by atoms with van der Waals surface area (Å²) in [7, 11) is 0. The van der Waals surface area contributed by atoms with Crippen molar-refractivity contribution in [3.63, 3.8) is 0 Å². The molecule has 20 heavy (non-hydrogen) atoms. The number of carbonyl (C=O) groups excluding carboxylic acids is 1. The Morgan fingerprint density at radius 2 is 2.25 bits per heavy atom. The maximum Gasteiger partial charge on any atom is 0.275 e. The number of hydrogen-bond acceptors (Lipinski definition) is 4. The lowest BCUT2D eigenvalue weighted by Crippen LogP contribution is -2.17. The SMILES string of the molecule is O=C(Nc1ccc2c(c1)NCCC2)c1c[nH]c(=O)cn1. The molecular formula is C14H14N4O2. The molecule has 2 aromatic rings. The second kappa shape index (κ2) is 5.16. The molecule has 2 heterocycles. The summed E-state index contributed by atoms with van der Waals surface area (Å²) in [6.07, 6.45) is 4.57. The van der Waals surface area contributed by atoms with Crippen molar-refractivity contribution in [2.75, 3.05) is 17.2 Å². The molecule has 1 aliphatic rings. The van der Waals surface area contributed by atoms with Gasteiger partial charge in [0.05, 0.1) is 6.20 Å². The van der Waals surface area contributed by atoms with E-state index in [-0.39, 0.29) is 17.2 Å². The molecule has 0 saturated carbocycles. The quantitative estimate of drug-likeness (QED) is 0.769. The van der Waals surface area contributed by atoms with E-state index in [0.29, 0.717) is 5.69 Å². The summed E-state index contributed by atoms with van der Waals surface area (Å²) < 4.78 is 0. The smallest absolute Gasteiger partial charge is 0.275 e. The molecule has 0 unspecified atom stereocenters. The lowest BCUT2D eigenvalue weighted by molar-refractivity contribution is 0.102. The number of rotatable bonds is 2. The Morgan fingerprint density at radius 1 is 1.35 bits per heavy atom. The Labute approximate surface area is 115 Å². The molecule has 102 valence electrons. The Kier molecular flexibility index (Phi) is 3.20. The van der Waals surface area contributed by atoms with Gasteiger partial charge in [0.1, 0.15) is 5.69 Å². The highest BCUT2D eigenvalue weighted by Gasteiger charge is 2.11. The fourth-order valence-corrected chi connectivity index (χ4v) is 2.20. The van der Waals surface area contributed by atoms with E-state index in [9.17, 15) is 9.59 Å².